The van der Waals surface area contributed by atoms with Gasteiger partial charge < -0.3 is 24.5 Å². The van der Waals surface area contributed by atoms with Gasteiger partial charge in [-0.05, 0) is 24.8 Å². The largest absolute Gasteiger partial charge is 0.395 e. The SMILES string of the molecule is C=CCN(C)C(=O)[C@H]1[C@H]2C(=O)N(CCO)C(C(=O)N(CC=C)Cc3ccccc3)C23CC(C)[C@]1(C)O3. The molecular formula is C28H37N3O5. The Balaban J connectivity index is 1.77. The van der Waals surface area contributed by atoms with Crippen molar-refractivity contribution in [1.82, 2.24) is 14.7 Å². The van der Waals surface area contributed by atoms with E-state index in [0.29, 0.717) is 26.1 Å². The fourth-order valence-electron chi connectivity index (χ4n) is 6.63. The predicted molar refractivity (Wildman–Crippen MR) is 135 cm³/mol. The number of aliphatic hydroxyl groups is 1. The van der Waals surface area contributed by atoms with Gasteiger partial charge in [-0.15, -0.1) is 13.2 Å². The molecule has 1 aromatic carbocycles. The van der Waals surface area contributed by atoms with Crippen LogP contribution in [0.15, 0.2) is 55.6 Å². The zero-order valence-electron chi connectivity index (χ0n) is 21.4. The van der Waals surface area contributed by atoms with Gasteiger partial charge in [-0.2, -0.15) is 0 Å². The van der Waals surface area contributed by atoms with Gasteiger partial charge in [-0.1, -0.05) is 49.4 Å². The zero-order valence-corrected chi connectivity index (χ0v) is 21.4. The van der Waals surface area contributed by atoms with Gasteiger partial charge in [0, 0.05) is 33.2 Å². The maximum atomic E-state index is 14.2. The van der Waals surface area contributed by atoms with Gasteiger partial charge in [-0.3, -0.25) is 14.4 Å². The quantitative estimate of drug-likeness (QED) is 0.501. The minimum absolute atomic E-state index is 0.00137. The molecule has 1 N–H and O–H groups in total. The van der Waals surface area contributed by atoms with Crippen LogP contribution in [-0.4, -0.2) is 88.1 Å². The highest BCUT2D eigenvalue weighted by molar-refractivity contribution is 5.99. The number of likely N-dealkylation sites (N-methyl/N-ethyl adjacent to an activating group) is 1. The molecule has 3 aliphatic heterocycles. The fraction of sp³-hybridized carbons (Fsp3) is 0.536. The first kappa shape index (κ1) is 26.1. The Morgan fingerprint density at radius 2 is 1.86 bits per heavy atom. The summed E-state index contributed by atoms with van der Waals surface area (Å²) in [6, 6.07) is 8.70. The van der Waals surface area contributed by atoms with Crippen molar-refractivity contribution >= 4 is 17.7 Å². The van der Waals surface area contributed by atoms with Crippen LogP contribution in [0.5, 0.6) is 0 Å². The van der Waals surface area contributed by atoms with Gasteiger partial charge in [-0.25, -0.2) is 0 Å². The molecule has 8 heteroatoms. The number of amides is 3. The van der Waals surface area contributed by atoms with Gasteiger partial charge in [0.15, 0.2) is 0 Å². The lowest BCUT2D eigenvalue weighted by molar-refractivity contribution is -0.155. The molecule has 3 heterocycles. The minimum atomic E-state index is -1.14. The molecule has 3 saturated heterocycles. The molecule has 3 amide bonds. The van der Waals surface area contributed by atoms with Crippen LogP contribution < -0.4 is 0 Å². The third-order valence-corrected chi connectivity index (χ3v) is 8.31. The third-order valence-electron chi connectivity index (χ3n) is 8.31. The van der Waals surface area contributed by atoms with Crippen molar-refractivity contribution in [2.45, 2.75) is 44.1 Å². The number of aliphatic hydroxyl groups excluding tert-OH is 1. The van der Waals surface area contributed by atoms with E-state index in [0.717, 1.165) is 5.56 Å². The van der Waals surface area contributed by atoms with E-state index in [9.17, 15) is 19.5 Å². The molecule has 3 fully saturated rings. The van der Waals surface area contributed by atoms with Crippen molar-refractivity contribution in [2.24, 2.45) is 17.8 Å². The number of likely N-dealkylation sites (tertiary alicyclic amines) is 1. The van der Waals surface area contributed by atoms with E-state index < -0.39 is 29.1 Å². The van der Waals surface area contributed by atoms with Gasteiger partial charge in [0.2, 0.25) is 17.7 Å². The van der Waals surface area contributed by atoms with E-state index in [1.165, 1.54) is 4.90 Å². The maximum Gasteiger partial charge on any atom is 0.248 e. The molecule has 0 aliphatic carbocycles. The first-order chi connectivity index (χ1) is 17.2. The summed E-state index contributed by atoms with van der Waals surface area (Å²) in [7, 11) is 1.69. The molecule has 194 valence electrons. The summed E-state index contributed by atoms with van der Waals surface area (Å²) in [4.78, 5) is 46.5. The molecule has 3 aliphatic rings. The van der Waals surface area contributed by atoms with E-state index in [4.69, 9.17) is 4.74 Å². The van der Waals surface area contributed by atoms with Gasteiger partial charge in [0.25, 0.3) is 0 Å². The highest BCUT2D eigenvalue weighted by Gasteiger charge is 2.80. The number of carbonyl (C=O) groups is 3. The van der Waals surface area contributed by atoms with Crippen LogP contribution in [0.1, 0.15) is 25.8 Å². The average molecular weight is 496 g/mol. The van der Waals surface area contributed by atoms with Crippen LogP contribution in [-0.2, 0) is 25.7 Å². The number of hydrogen-bond donors (Lipinski definition) is 1. The number of fused-ring (bicyclic) bond motifs is 1. The van der Waals surface area contributed by atoms with Crippen molar-refractivity contribution in [1.29, 1.82) is 0 Å². The van der Waals surface area contributed by atoms with E-state index in [-0.39, 0.29) is 36.8 Å². The fourth-order valence-corrected chi connectivity index (χ4v) is 6.63. The second-order valence-electron chi connectivity index (χ2n) is 10.5. The van der Waals surface area contributed by atoms with Crippen LogP contribution >= 0.6 is 0 Å². The van der Waals surface area contributed by atoms with Crippen molar-refractivity contribution in [2.75, 3.05) is 33.3 Å². The highest BCUT2D eigenvalue weighted by Crippen LogP contribution is 2.65. The van der Waals surface area contributed by atoms with Crippen molar-refractivity contribution < 1.29 is 24.2 Å². The third kappa shape index (κ3) is 3.87. The van der Waals surface area contributed by atoms with Crippen LogP contribution in [0.3, 0.4) is 0 Å². The molecule has 4 rings (SSSR count). The molecule has 2 bridgehead atoms. The van der Waals surface area contributed by atoms with Crippen LogP contribution in [0, 0.1) is 17.8 Å². The zero-order chi connectivity index (χ0) is 26.3. The number of benzene rings is 1. The van der Waals surface area contributed by atoms with E-state index in [2.05, 4.69) is 13.2 Å². The van der Waals surface area contributed by atoms with Gasteiger partial charge in [0.1, 0.15) is 11.6 Å². The molecule has 3 unspecified atom stereocenters. The Hall–Kier alpha value is -2.97. The molecule has 0 aromatic heterocycles. The van der Waals surface area contributed by atoms with Crippen molar-refractivity contribution in [3.05, 3.63) is 61.2 Å². The second kappa shape index (κ2) is 9.82. The molecule has 0 saturated carbocycles. The number of nitrogens with zero attached hydrogens (tertiary/aromatic N) is 3. The average Bonchev–Trinajstić information content (AvgIpc) is 3.36. The van der Waals surface area contributed by atoms with Crippen molar-refractivity contribution in [3.8, 4) is 0 Å². The molecule has 0 radical (unpaired) electrons. The summed E-state index contributed by atoms with van der Waals surface area (Å²) < 4.78 is 6.71. The van der Waals surface area contributed by atoms with Crippen LogP contribution in [0.25, 0.3) is 0 Å². The van der Waals surface area contributed by atoms with E-state index >= 15 is 0 Å². The standard InChI is InChI=1S/C28H37N3O5/c1-6-13-29(5)24(33)21-22-25(34)31(15-16-32)23(28(22)17-19(3)27(21,4)36-28)26(35)30(14-7-2)18-20-11-9-8-10-12-20/h6-12,19,21-23,32H,1-2,13-18H2,3-5H3/t19?,21-,22+,23?,27+,28?/m1/s1. The monoisotopic (exact) mass is 495 g/mol. The lowest BCUT2D eigenvalue weighted by Gasteiger charge is -2.38. The summed E-state index contributed by atoms with van der Waals surface area (Å²) in [5.74, 6) is -2.30. The molecule has 8 nitrogen and oxygen atoms in total. The van der Waals surface area contributed by atoms with E-state index in [1.54, 1.807) is 29.0 Å². The van der Waals surface area contributed by atoms with E-state index in [1.807, 2.05) is 44.2 Å². The summed E-state index contributed by atoms with van der Waals surface area (Å²) in [6.07, 6.45) is 3.79. The van der Waals surface area contributed by atoms with Crippen molar-refractivity contribution in [3.63, 3.8) is 0 Å². The Morgan fingerprint density at radius 3 is 2.47 bits per heavy atom. The second-order valence-corrected chi connectivity index (χ2v) is 10.5. The van der Waals surface area contributed by atoms with Gasteiger partial charge >= 0.3 is 0 Å². The Bertz CT molecular complexity index is 1040. The Morgan fingerprint density at radius 1 is 1.19 bits per heavy atom. The maximum absolute atomic E-state index is 14.2. The minimum Gasteiger partial charge on any atom is -0.395 e. The smallest absolute Gasteiger partial charge is 0.248 e. The number of rotatable bonds is 10. The Labute approximate surface area is 213 Å². The number of carbonyl (C=O) groups excluding carboxylic acids is 3. The van der Waals surface area contributed by atoms with Crippen LogP contribution in [0.2, 0.25) is 0 Å². The summed E-state index contributed by atoms with van der Waals surface area (Å²) >= 11 is 0. The number of ether oxygens (including phenoxy) is 1. The number of β-amino-alcohol motifs (C(OH)–C–C–N with tert-alkyl or cyclic N) is 1. The molecule has 1 spiro atoms. The highest BCUT2D eigenvalue weighted by atomic mass is 16.5. The molecule has 36 heavy (non-hydrogen) atoms. The lowest BCUT2D eigenvalue weighted by Crippen LogP contribution is -2.57. The molecular weight excluding hydrogens is 458 g/mol. The summed E-state index contributed by atoms with van der Waals surface area (Å²) in [6.45, 7) is 12.2. The lowest BCUT2D eigenvalue weighted by atomic mass is 9.62. The first-order valence-corrected chi connectivity index (χ1v) is 12.6. The Kier molecular flexibility index (Phi) is 7.12. The summed E-state index contributed by atoms with van der Waals surface area (Å²) in [5.41, 5.74) is -1.06. The topological polar surface area (TPSA) is 90.4 Å². The number of hydrogen-bond acceptors (Lipinski definition) is 5. The van der Waals surface area contributed by atoms with Crippen LogP contribution in [0.4, 0.5) is 0 Å². The summed E-state index contributed by atoms with van der Waals surface area (Å²) in [5, 5.41) is 9.83. The predicted octanol–water partition coefficient (Wildman–Crippen LogP) is 1.85. The molecule has 6 atom stereocenters. The molecule has 1 aromatic rings. The first-order valence-electron chi connectivity index (χ1n) is 12.6. The van der Waals surface area contributed by atoms with Gasteiger partial charge in [0.05, 0.1) is 24.0 Å². The normalized spacial score (nSPS) is 32.3.